The van der Waals surface area contributed by atoms with Gasteiger partial charge in [0.25, 0.3) is 5.91 Å². The molecule has 2 aromatic carbocycles. The van der Waals surface area contributed by atoms with Gasteiger partial charge in [0.1, 0.15) is 5.75 Å². The van der Waals surface area contributed by atoms with E-state index in [1.54, 1.807) is 0 Å². The number of aromatic hydroxyl groups is 1. The van der Waals surface area contributed by atoms with Gasteiger partial charge in [0.05, 0.1) is 11.8 Å². The van der Waals surface area contributed by atoms with Gasteiger partial charge in [0.2, 0.25) is 0 Å². The maximum absolute atomic E-state index is 11.8. The lowest BCUT2D eigenvalue weighted by atomic mass is 10.2. The van der Waals surface area contributed by atoms with E-state index in [1.165, 1.54) is 24.4 Å². The lowest BCUT2D eigenvalue weighted by Crippen LogP contribution is -2.17. The molecule has 5 heteroatoms. The highest BCUT2D eigenvalue weighted by Gasteiger charge is 2.10. The summed E-state index contributed by atoms with van der Waals surface area (Å²) < 4.78 is 0. The van der Waals surface area contributed by atoms with Crippen LogP contribution < -0.4 is 5.43 Å². The normalized spacial score (nSPS) is 10.7. The first-order valence-corrected chi connectivity index (χ1v) is 6.32. The lowest BCUT2D eigenvalue weighted by molar-refractivity contribution is 0.0952. The predicted molar refractivity (Wildman–Crippen MR) is 79.4 cm³/mol. The zero-order valence-electron chi connectivity index (χ0n) is 10.8. The van der Waals surface area contributed by atoms with Gasteiger partial charge < -0.3 is 5.11 Å². The number of nitrogens with zero attached hydrogens (tertiary/aromatic N) is 1. The Kier molecular flexibility index (Phi) is 4.38. The first kappa shape index (κ1) is 14.1. The van der Waals surface area contributed by atoms with Crippen molar-refractivity contribution in [3.8, 4) is 5.75 Å². The number of nitrogens with one attached hydrogen (secondary N) is 1. The molecule has 0 spiro atoms. The molecule has 102 valence electrons. The van der Waals surface area contributed by atoms with Crippen LogP contribution in [-0.4, -0.2) is 17.2 Å². The highest BCUT2D eigenvalue weighted by atomic mass is 35.5. The largest absolute Gasteiger partial charge is 0.507 e. The Hall–Kier alpha value is -2.33. The summed E-state index contributed by atoms with van der Waals surface area (Å²) in [6, 6.07) is 11.9. The third-order valence-corrected chi connectivity index (χ3v) is 2.86. The van der Waals surface area contributed by atoms with Crippen LogP contribution in [0.15, 0.2) is 47.6 Å². The van der Waals surface area contributed by atoms with Crippen molar-refractivity contribution in [2.75, 3.05) is 0 Å². The number of carbonyl (C=O) groups excluding carboxylic acids is 1. The highest BCUT2D eigenvalue weighted by molar-refractivity contribution is 6.31. The molecule has 0 bridgehead atoms. The van der Waals surface area contributed by atoms with Crippen molar-refractivity contribution in [3.63, 3.8) is 0 Å². The second-order valence-corrected chi connectivity index (χ2v) is 4.71. The van der Waals surface area contributed by atoms with Gasteiger partial charge in [-0.1, -0.05) is 41.4 Å². The summed E-state index contributed by atoms with van der Waals surface area (Å²) in [5.41, 5.74) is 4.41. The number of rotatable bonds is 3. The van der Waals surface area contributed by atoms with Gasteiger partial charge in [-0.25, -0.2) is 5.43 Å². The number of phenols is 1. The zero-order chi connectivity index (χ0) is 14.5. The molecule has 0 unspecified atom stereocenters. The van der Waals surface area contributed by atoms with E-state index in [0.29, 0.717) is 5.02 Å². The summed E-state index contributed by atoms with van der Waals surface area (Å²) >= 11 is 5.78. The molecule has 2 N–H and O–H groups in total. The summed E-state index contributed by atoms with van der Waals surface area (Å²) in [5.74, 6) is -0.661. The maximum Gasteiger partial charge on any atom is 0.275 e. The molecule has 0 radical (unpaired) electrons. The summed E-state index contributed by atoms with van der Waals surface area (Å²) in [5, 5.41) is 13.8. The summed E-state index contributed by atoms with van der Waals surface area (Å²) in [7, 11) is 0. The Morgan fingerprint density at radius 3 is 2.85 bits per heavy atom. The number of aryl methyl sites for hydroxylation is 1. The Morgan fingerprint density at radius 1 is 1.30 bits per heavy atom. The topological polar surface area (TPSA) is 61.7 Å². The van der Waals surface area contributed by atoms with Gasteiger partial charge >= 0.3 is 0 Å². The molecule has 2 aromatic rings. The number of phenolic OH excluding ortho intramolecular Hbond substituents is 1. The van der Waals surface area contributed by atoms with Crippen molar-refractivity contribution in [3.05, 3.63) is 64.2 Å². The Morgan fingerprint density at radius 2 is 2.10 bits per heavy atom. The van der Waals surface area contributed by atoms with Crippen molar-refractivity contribution < 1.29 is 9.90 Å². The Labute approximate surface area is 121 Å². The first-order valence-electron chi connectivity index (χ1n) is 5.95. The van der Waals surface area contributed by atoms with E-state index < -0.39 is 5.91 Å². The maximum atomic E-state index is 11.8. The van der Waals surface area contributed by atoms with Crippen molar-refractivity contribution in [1.82, 2.24) is 5.43 Å². The molecule has 0 saturated carbocycles. The quantitative estimate of drug-likeness (QED) is 0.673. The molecule has 0 aliphatic carbocycles. The second kappa shape index (κ2) is 6.21. The molecule has 0 atom stereocenters. The van der Waals surface area contributed by atoms with Crippen LogP contribution in [0.25, 0.3) is 0 Å². The number of carbonyl (C=O) groups is 1. The van der Waals surface area contributed by atoms with Crippen molar-refractivity contribution in [1.29, 1.82) is 0 Å². The van der Waals surface area contributed by atoms with Crippen molar-refractivity contribution >= 4 is 23.7 Å². The lowest BCUT2D eigenvalue weighted by Gasteiger charge is -2.03. The van der Waals surface area contributed by atoms with E-state index >= 15 is 0 Å². The fourth-order valence-corrected chi connectivity index (χ4v) is 1.84. The number of benzene rings is 2. The zero-order valence-corrected chi connectivity index (χ0v) is 11.6. The van der Waals surface area contributed by atoms with Crippen LogP contribution in [0.2, 0.25) is 5.02 Å². The first-order chi connectivity index (χ1) is 9.56. The van der Waals surface area contributed by atoms with Gasteiger partial charge in [-0.15, -0.1) is 0 Å². The van der Waals surface area contributed by atoms with Crippen LogP contribution >= 0.6 is 11.6 Å². The van der Waals surface area contributed by atoms with Crippen LogP contribution in [0.1, 0.15) is 21.5 Å². The van der Waals surface area contributed by atoms with E-state index in [4.69, 9.17) is 11.6 Å². The van der Waals surface area contributed by atoms with Gasteiger partial charge in [-0.05, 0) is 30.7 Å². The molecular weight excluding hydrogens is 276 g/mol. The molecule has 0 fully saturated rings. The second-order valence-electron chi connectivity index (χ2n) is 4.27. The molecule has 0 aliphatic rings. The number of amides is 1. The monoisotopic (exact) mass is 288 g/mol. The molecule has 1 amide bonds. The molecule has 0 heterocycles. The number of hydrogen-bond donors (Lipinski definition) is 2. The predicted octanol–water partition coefficient (Wildman–Crippen LogP) is 3.12. The van der Waals surface area contributed by atoms with Crippen LogP contribution in [-0.2, 0) is 0 Å². The smallest absolute Gasteiger partial charge is 0.275 e. The molecule has 0 saturated heterocycles. The number of hydrazone groups is 1. The van der Waals surface area contributed by atoms with Gasteiger partial charge in [0.15, 0.2) is 0 Å². The van der Waals surface area contributed by atoms with Crippen LogP contribution in [0.5, 0.6) is 5.75 Å². The van der Waals surface area contributed by atoms with Gasteiger partial charge in [-0.3, -0.25) is 4.79 Å². The van der Waals surface area contributed by atoms with E-state index in [0.717, 1.165) is 11.1 Å². The van der Waals surface area contributed by atoms with E-state index in [2.05, 4.69) is 10.5 Å². The fourth-order valence-electron chi connectivity index (χ4n) is 1.67. The van der Waals surface area contributed by atoms with Crippen molar-refractivity contribution in [2.45, 2.75) is 6.92 Å². The summed E-state index contributed by atoms with van der Waals surface area (Å²) in [6.07, 6.45) is 1.53. The fraction of sp³-hybridized carbons (Fsp3) is 0.0667. The van der Waals surface area contributed by atoms with E-state index in [9.17, 15) is 9.90 Å². The summed E-state index contributed by atoms with van der Waals surface area (Å²) in [4.78, 5) is 11.8. The SMILES string of the molecule is Cc1cccc(/C=N\NC(=O)c2cc(Cl)ccc2O)c1. The minimum Gasteiger partial charge on any atom is -0.507 e. The number of halogens is 1. The van der Waals surface area contributed by atoms with Crippen LogP contribution in [0.4, 0.5) is 0 Å². The third kappa shape index (κ3) is 3.59. The van der Waals surface area contributed by atoms with Gasteiger partial charge in [0, 0.05) is 5.02 Å². The average Bonchev–Trinajstić information content (AvgIpc) is 2.41. The number of hydrogen-bond acceptors (Lipinski definition) is 3. The average molecular weight is 289 g/mol. The highest BCUT2D eigenvalue weighted by Crippen LogP contribution is 2.21. The Bertz CT molecular complexity index is 669. The van der Waals surface area contributed by atoms with Crippen LogP contribution in [0, 0.1) is 6.92 Å². The summed E-state index contributed by atoms with van der Waals surface area (Å²) in [6.45, 7) is 1.97. The minimum absolute atomic E-state index is 0.0823. The van der Waals surface area contributed by atoms with E-state index in [1.807, 2.05) is 31.2 Å². The molecule has 4 nitrogen and oxygen atoms in total. The van der Waals surface area contributed by atoms with E-state index in [-0.39, 0.29) is 11.3 Å². The molecule has 0 aromatic heterocycles. The third-order valence-electron chi connectivity index (χ3n) is 2.63. The van der Waals surface area contributed by atoms with Gasteiger partial charge in [-0.2, -0.15) is 5.10 Å². The van der Waals surface area contributed by atoms with Crippen LogP contribution in [0.3, 0.4) is 0 Å². The molecule has 2 rings (SSSR count). The standard InChI is InChI=1S/C15H13ClN2O2/c1-10-3-2-4-11(7-10)9-17-18-15(20)13-8-12(16)5-6-14(13)19/h2-9,19H,1H3,(H,18,20)/b17-9-. The van der Waals surface area contributed by atoms with Crippen molar-refractivity contribution in [2.24, 2.45) is 5.10 Å². The molecular formula is C15H13ClN2O2. The Balaban J connectivity index is 2.07. The minimum atomic E-state index is -0.520. The molecule has 0 aliphatic heterocycles. The molecule has 20 heavy (non-hydrogen) atoms.